The summed E-state index contributed by atoms with van der Waals surface area (Å²) >= 11 is 6.04. The Hall–Kier alpha value is -1.12. The molecule has 0 atom stereocenters. The van der Waals surface area contributed by atoms with Crippen LogP contribution in [0.25, 0.3) is 0 Å². The van der Waals surface area contributed by atoms with Crippen LogP contribution < -0.4 is 0 Å². The highest BCUT2D eigenvalue weighted by Gasteiger charge is 2.40. The molecule has 1 aliphatic heterocycles. The van der Waals surface area contributed by atoms with E-state index in [2.05, 4.69) is 0 Å². The summed E-state index contributed by atoms with van der Waals surface area (Å²) in [7, 11) is -3.77. The Morgan fingerprint density at radius 3 is 2.67 bits per heavy atom. The largest absolute Gasteiger partial charge is 0.478 e. The second-order valence-electron chi connectivity index (χ2n) is 4.88. The van der Waals surface area contributed by atoms with E-state index in [0.29, 0.717) is 12.5 Å². The molecule has 114 valence electrons. The number of amides is 1. The summed E-state index contributed by atoms with van der Waals surface area (Å²) in [5.74, 6) is -0.276. The number of sulfonamides is 1. The van der Waals surface area contributed by atoms with Crippen LogP contribution in [0.5, 0.6) is 0 Å². The Labute approximate surface area is 133 Å². The first-order valence-corrected chi connectivity index (χ1v) is 9.13. The van der Waals surface area contributed by atoms with Gasteiger partial charge in [0.2, 0.25) is 4.38 Å². The Kier molecular flexibility index (Phi) is 4.90. The van der Waals surface area contributed by atoms with Crippen molar-refractivity contribution in [3.8, 4) is 0 Å². The third-order valence-corrected chi connectivity index (χ3v) is 5.91. The lowest BCUT2D eigenvalue weighted by Crippen LogP contribution is -2.30. The Balaban J connectivity index is 2.06. The number of fused-ring (bicyclic) bond motifs is 1. The second-order valence-corrected chi connectivity index (χ2v) is 8.26. The second kappa shape index (κ2) is 6.33. The zero-order valence-corrected chi connectivity index (χ0v) is 14.1. The molecule has 0 bridgehead atoms. The van der Waals surface area contributed by atoms with Gasteiger partial charge < -0.3 is 4.74 Å². The molecule has 1 aromatic rings. The molecular weight excluding hydrogens is 330 g/mol. The lowest BCUT2D eigenvalue weighted by atomic mass is 10.2. The third kappa shape index (κ3) is 3.38. The molecular formula is C13H15NO4S3. The quantitative estimate of drug-likeness (QED) is 0.781. The third-order valence-electron chi connectivity index (χ3n) is 2.75. The van der Waals surface area contributed by atoms with Crippen LogP contribution in [0.15, 0.2) is 29.2 Å². The molecule has 0 aliphatic carbocycles. The summed E-state index contributed by atoms with van der Waals surface area (Å²) in [6, 6.07) is 6.17. The Morgan fingerprint density at radius 1 is 1.38 bits per heavy atom. The highest BCUT2D eigenvalue weighted by atomic mass is 32.2. The van der Waals surface area contributed by atoms with Gasteiger partial charge in [-0.05, 0) is 30.3 Å². The molecule has 0 fully saturated rings. The zero-order chi connectivity index (χ0) is 15.6. The Morgan fingerprint density at radius 2 is 2.05 bits per heavy atom. The van der Waals surface area contributed by atoms with Gasteiger partial charge in [-0.15, -0.1) is 0 Å². The van der Waals surface area contributed by atoms with Crippen LogP contribution >= 0.6 is 24.0 Å². The van der Waals surface area contributed by atoms with E-state index in [1.807, 2.05) is 13.8 Å². The maximum atomic E-state index is 12.3. The van der Waals surface area contributed by atoms with Crippen molar-refractivity contribution < 1.29 is 17.9 Å². The maximum Gasteiger partial charge on any atom is 0.269 e. The van der Waals surface area contributed by atoms with Crippen molar-refractivity contribution >= 4 is 44.3 Å². The SMILES string of the molecule is CC(C)COC(=S)SCN1C(=O)c2ccccc2S1(=O)=O. The number of rotatable bonds is 4. The van der Waals surface area contributed by atoms with E-state index in [0.717, 1.165) is 16.1 Å². The normalized spacial score (nSPS) is 16.1. The highest BCUT2D eigenvalue weighted by molar-refractivity contribution is 8.22. The van der Waals surface area contributed by atoms with Crippen molar-refractivity contribution in [1.29, 1.82) is 0 Å². The van der Waals surface area contributed by atoms with Crippen molar-refractivity contribution in [2.24, 2.45) is 5.92 Å². The fourth-order valence-electron chi connectivity index (χ4n) is 1.75. The maximum absolute atomic E-state index is 12.3. The molecule has 0 spiro atoms. The van der Waals surface area contributed by atoms with Gasteiger partial charge >= 0.3 is 0 Å². The van der Waals surface area contributed by atoms with Crippen molar-refractivity contribution in [3.05, 3.63) is 29.8 Å². The lowest BCUT2D eigenvalue weighted by molar-refractivity contribution is 0.0887. The van der Waals surface area contributed by atoms with Gasteiger partial charge in [-0.1, -0.05) is 37.7 Å². The molecule has 1 aromatic carbocycles. The molecule has 8 heteroatoms. The summed E-state index contributed by atoms with van der Waals surface area (Å²) in [4.78, 5) is 12.2. The molecule has 1 aliphatic rings. The van der Waals surface area contributed by atoms with Gasteiger partial charge in [-0.3, -0.25) is 4.79 Å². The van der Waals surface area contributed by atoms with E-state index in [9.17, 15) is 13.2 Å². The van der Waals surface area contributed by atoms with Crippen LogP contribution in [-0.4, -0.2) is 35.5 Å². The highest BCUT2D eigenvalue weighted by Crippen LogP contribution is 2.31. The first-order valence-electron chi connectivity index (χ1n) is 6.29. The average Bonchev–Trinajstić information content (AvgIpc) is 2.63. The molecule has 0 aromatic heterocycles. The van der Waals surface area contributed by atoms with E-state index in [1.54, 1.807) is 12.1 Å². The van der Waals surface area contributed by atoms with Gasteiger partial charge in [0.05, 0.1) is 18.0 Å². The molecule has 0 unspecified atom stereocenters. The van der Waals surface area contributed by atoms with Gasteiger partial charge in [0.25, 0.3) is 15.9 Å². The van der Waals surface area contributed by atoms with E-state index >= 15 is 0 Å². The molecule has 0 saturated carbocycles. The van der Waals surface area contributed by atoms with Gasteiger partial charge in [-0.2, -0.15) is 0 Å². The number of thioether (sulfide) groups is 1. The molecule has 1 amide bonds. The van der Waals surface area contributed by atoms with Crippen LogP contribution in [0.1, 0.15) is 24.2 Å². The lowest BCUT2D eigenvalue weighted by Gasteiger charge is -2.15. The van der Waals surface area contributed by atoms with E-state index in [4.69, 9.17) is 17.0 Å². The van der Waals surface area contributed by atoms with Crippen molar-refractivity contribution in [2.45, 2.75) is 18.7 Å². The number of carbonyl (C=O) groups excluding carboxylic acids is 1. The van der Waals surface area contributed by atoms with E-state index < -0.39 is 15.9 Å². The predicted octanol–water partition coefficient (Wildman–Crippen LogP) is 2.48. The number of nitrogens with zero attached hydrogens (tertiary/aromatic N) is 1. The molecule has 21 heavy (non-hydrogen) atoms. The standard InChI is InChI=1S/C13H15NO4S3/c1-9(2)7-18-13(19)20-8-14-12(15)10-5-3-4-6-11(10)21(14,16)17/h3-6,9H,7-8H2,1-2H3. The monoisotopic (exact) mass is 345 g/mol. The fraction of sp³-hybridized carbons (Fsp3) is 0.385. The molecule has 0 N–H and O–H groups in total. The van der Waals surface area contributed by atoms with Crippen molar-refractivity contribution in [1.82, 2.24) is 4.31 Å². The number of hydrogen-bond donors (Lipinski definition) is 0. The van der Waals surface area contributed by atoms with Crippen LogP contribution in [0.4, 0.5) is 0 Å². The fourth-order valence-corrected chi connectivity index (χ4v) is 4.41. The molecule has 0 radical (unpaired) electrons. The zero-order valence-electron chi connectivity index (χ0n) is 11.6. The Bertz CT molecular complexity index is 670. The van der Waals surface area contributed by atoms with Gasteiger partial charge in [0.1, 0.15) is 4.90 Å². The predicted molar refractivity (Wildman–Crippen MR) is 85.6 cm³/mol. The number of benzene rings is 1. The number of hydrogen-bond acceptors (Lipinski definition) is 6. The molecule has 2 rings (SSSR count). The first kappa shape index (κ1) is 16.3. The van der Waals surface area contributed by atoms with E-state index in [1.165, 1.54) is 12.1 Å². The van der Waals surface area contributed by atoms with Crippen LogP contribution in [0.3, 0.4) is 0 Å². The summed E-state index contributed by atoms with van der Waals surface area (Å²) in [6.45, 7) is 4.43. The number of thiocarbonyl (C=S) groups is 1. The topological polar surface area (TPSA) is 63.7 Å². The molecule has 1 heterocycles. The minimum atomic E-state index is -3.77. The molecule has 5 nitrogen and oxygen atoms in total. The first-order chi connectivity index (χ1) is 9.84. The minimum Gasteiger partial charge on any atom is -0.478 e. The smallest absolute Gasteiger partial charge is 0.269 e. The van der Waals surface area contributed by atoms with Crippen molar-refractivity contribution in [2.75, 3.05) is 12.5 Å². The van der Waals surface area contributed by atoms with Crippen molar-refractivity contribution in [3.63, 3.8) is 0 Å². The van der Waals surface area contributed by atoms with Crippen LogP contribution in [0, 0.1) is 5.92 Å². The number of ether oxygens (including phenoxy) is 1. The summed E-state index contributed by atoms with van der Waals surface area (Å²) < 4.78 is 30.9. The number of carbonyl (C=O) groups is 1. The van der Waals surface area contributed by atoms with Crippen LogP contribution in [0.2, 0.25) is 0 Å². The van der Waals surface area contributed by atoms with Gasteiger partial charge in [-0.25, -0.2) is 12.7 Å². The van der Waals surface area contributed by atoms with E-state index in [-0.39, 0.29) is 20.7 Å². The molecule has 0 saturated heterocycles. The minimum absolute atomic E-state index is 0.0459. The average molecular weight is 345 g/mol. The van der Waals surface area contributed by atoms with Gasteiger partial charge in [0.15, 0.2) is 0 Å². The van der Waals surface area contributed by atoms with Gasteiger partial charge in [0, 0.05) is 0 Å². The summed E-state index contributed by atoms with van der Waals surface area (Å²) in [5, 5.41) is 0. The van der Waals surface area contributed by atoms with Crippen LogP contribution in [-0.2, 0) is 14.8 Å². The summed E-state index contributed by atoms with van der Waals surface area (Å²) in [5.41, 5.74) is 0.201. The summed E-state index contributed by atoms with van der Waals surface area (Å²) in [6.07, 6.45) is 0.